The topological polar surface area (TPSA) is 46.7 Å². The summed E-state index contributed by atoms with van der Waals surface area (Å²) in [4.78, 5) is 17.9. The zero-order valence-corrected chi connectivity index (χ0v) is 7.06. The molecule has 2 rings (SSSR count). The van der Waals surface area contributed by atoms with Crippen LogP contribution in [0.25, 0.3) is 5.65 Å². The number of pyridine rings is 1. The molecular formula is C9H7N3O. The quantitative estimate of drug-likeness (QED) is 0.485. The molecule has 4 heteroatoms. The average molecular weight is 173 g/mol. The fourth-order valence-electron chi connectivity index (χ4n) is 1.26. The van der Waals surface area contributed by atoms with Gasteiger partial charge < -0.3 is 4.40 Å². The van der Waals surface area contributed by atoms with E-state index in [4.69, 9.17) is 0 Å². The summed E-state index contributed by atoms with van der Waals surface area (Å²) in [5, 5.41) is 0. The monoisotopic (exact) mass is 173 g/mol. The Labute approximate surface area is 74.6 Å². The SMILES string of the molecule is Cc1cn2cccc(N=C=O)c2n1. The van der Waals surface area contributed by atoms with E-state index in [1.807, 2.05) is 29.8 Å². The molecule has 0 fully saturated rings. The predicted molar refractivity (Wildman–Crippen MR) is 47.7 cm³/mol. The van der Waals surface area contributed by atoms with Crippen LogP contribution in [0.5, 0.6) is 0 Å². The lowest BCUT2D eigenvalue weighted by Crippen LogP contribution is -1.80. The Kier molecular flexibility index (Phi) is 1.69. The second-order valence-corrected chi connectivity index (χ2v) is 2.71. The molecule has 0 aromatic carbocycles. The van der Waals surface area contributed by atoms with Crippen LogP contribution in [-0.2, 0) is 4.79 Å². The van der Waals surface area contributed by atoms with Crippen LogP contribution in [0.15, 0.2) is 29.5 Å². The fourth-order valence-corrected chi connectivity index (χ4v) is 1.26. The van der Waals surface area contributed by atoms with Gasteiger partial charge in [0.1, 0.15) is 5.69 Å². The van der Waals surface area contributed by atoms with Crippen molar-refractivity contribution in [3.63, 3.8) is 0 Å². The van der Waals surface area contributed by atoms with Crippen LogP contribution >= 0.6 is 0 Å². The number of hydrogen-bond donors (Lipinski definition) is 0. The maximum absolute atomic E-state index is 10.1. The van der Waals surface area contributed by atoms with Crippen molar-refractivity contribution < 1.29 is 4.79 Å². The molecule has 4 nitrogen and oxygen atoms in total. The van der Waals surface area contributed by atoms with Gasteiger partial charge in [-0.25, -0.2) is 9.78 Å². The van der Waals surface area contributed by atoms with Gasteiger partial charge in [-0.1, -0.05) is 0 Å². The standard InChI is InChI=1S/C9H7N3O/c1-7-5-12-4-2-3-8(10-6-13)9(12)11-7/h2-5H,1H3. The summed E-state index contributed by atoms with van der Waals surface area (Å²) in [7, 11) is 0. The van der Waals surface area contributed by atoms with Gasteiger partial charge in [0, 0.05) is 12.4 Å². The summed E-state index contributed by atoms with van der Waals surface area (Å²) >= 11 is 0. The number of fused-ring (bicyclic) bond motifs is 1. The summed E-state index contributed by atoms with van der Waals surface area (Å²) in [5.41, 5.74) is 2.13. The number of nitrogens with zero attached hydrogens (tertiary/aromatic N) is 3. The minimum Gasteiger partial charge on any atom is -0.305 e. The van der Waals surface area contributed by atoms with Crippen molar-refractivity contribution in [2.75, 3.05) is 0 Å². The number of isocyanates is 1. The molecule has 0 radical (unpaired) electrons. The Morgan fingerprint density at radius 2 is 2.46 bits per heavy atom. The molecule has 2 aromatic rings. The first-order chi connectivity index (χ1) is 6.31. The van der Waals surface area contributed by atoms with Crippen LogP contribution in [0.1, 0.15) is 5.69 Å². The summed E-state index contributed by atoms with van der Waals surface area (Å²) in [6.07, 6.45) is 5.24. The van der Waals surface area contributed by atoms with Gasteiger partial charge in [-0.05, 0) is 19.1 Å². The molecule has 0 aliphatic carbocycles. The van der Waals surface area contributed by atoms with Gasteiger partial charge >= 0.3 is 0 Å². The molecular weight excluding hydrogens is 166 g/mol. The number of aryl methyl sites for hydroxylation is 1. The van der Waals surface area contributed by atoms with E-state index < -0.39 is 0 Å². The highest BCUT2D eigenvalue weighted by Gasteiger charge is 2.01. The lowest BCUT2D eigenvalue weighted by Gasteiger charge is -1.93. The normalized spacial score (nSPS) is 9.92. The van der Waals surface area contributed by atoms with E-state index in [2.05, 4.69) is 9.98 Å². The maximum Gasteiger partial charge on any atom is 0.240 e. The fraction of sp³-hybridized carbons (Fsp3) is 0.111. The van der Waals surface area contributed by atoms with Crippen molar-refractivity contribution in [1.29, 1.82) is 0 Å². The molecule has 2 aromatic heterocycles. The molecule has 0 atom stereocenters. The molecule has 2 heterocycles. The van der Waals surface area contributed by atoms with E-state index >= 15 is 0 Å². The van der Waals surface area contributed by atoms with Gasteiger partial charge in [0.15, 0.2) is 5.65 Å². The van der Waals surface area contributed by atoms with Crippen LogP contribution in [0.3, 0.4) is 0 Å². The maximum atomic E-state index is 10.1. The first-order valence-corrected chi connectivity index (χ1v) is 3.83. The van der Waals surface area contributed by atoms with Gasteiger partial charge in [0.2, 0.25) is 6.08 Å². The lowest BCUT2D eigenvalue weighted by molar-refractivity contribution is 0.565. The van der Waals surface area contributed by atoms with Gasteiger partial charge in [-0.15, -0.1) is 0 Å². The molecule has 13 heavy (non-hydrogen) atoms. The van der Waals surface area contributed by atoms with Crippen molar-refractivity contribution in [1.82, 2.24) is 9.38 Å². The largest absolute Gasteiger partial charge is 0.305 e. The minimum atomic E-state index is 0.547. The molecule has 0 aliphatic heterocycles. The highest BCUT2D eigenvalue weighted by Crippen LogP contribution is 2.18. The van der Waals surface area contributed by atoms with Gasteiger partial charge in [0.05, 0.1) is 5.69 Å². The Morgan fingerprint density at radius 3 is 3.23 bits per heavy atom. The summed E-state index contributed by atoms with van der Waals surface area (Å²) < 4.78 is 1.82. The van der Waals surface area contributed by atoms with Gasteiger partial charge in [-0.2, -0.15) is 4.99 Å². The smallest absolute Gasteiger partial charge is 0.240 e. The van der Waals surface area contributed by atoms with Crippen molar-refractivity contribution >= 4 is 17.4 Å². The first-order valence-electron chi connectivity index (χ1n) is 3.83. The molecule has 0 aliphatic rings. The van der Waals surface area contributed by atoms with Crippen LogP contribution < -0.4 is 0 Å². The Bertz CT molecular complexity index is 495. The zero-order chi connectivity index (χ0) is 9.26. The van der Waals surface area contributed by atoms with E-state index in [0.29, 0.717) is 11.3 Å². The van der Waals surface area contributed by atoms with Crippen molar-refractivity contribution in [2.24, 2.45) is 4.99 Å². The van der Waals surface area contributed by atoms with E-state index in [1.54, 1.807) is 6.07 Å². The Hall–Kier alpha value is -1.93. The summed E-state index contributed by atoms with van der Waals surface area (Å²) in [5.74, 6) is 0. The third-order valence-electron chi connectivity index (χ3n) is 1.75. The number of imidazole rings is 1. The summed E-state index contributed by atoms with van der Waals surface area (Å²) in [6, 6.07) is 3.54. The number of carbonyl (C=O) groups excluding carboxylic acids is 1. The van der Waals surface area contributed by atoms with Crippen LogP contribution in [0.4, 0.5) is 5.69 Å². The second kappa shape index (κ2) is 2.84. The van der Waals surface area contributed by atoms with E-state index in [-0.39, 0.29) is 0 Å². The minimum absolute atomic E-state index is 0.547. The molecule has 64 valence electrons. The van der Waals surface area contributed by atoms with Crippen molar-refractivity contribution in [3.05, 3.63) is 30.2 Å². The van der Waals surface area contributed by atoms with Gasteiger partial charge in [0.25, 0.3) is 0 Å². The highest BCUT2D eigenvalue weighted by molar-refractivity contribution is 5.67. The number of aliphatic imine (C=N–C) groups is 1. The van der Waals surface area contributed by atoms with E-state index in [9.17, 15) is 4.79 Å². The number of aromatic nitrogens is 2. The molecule has 0 saturated carbocycles. The molecule has 0 bridgehead atoms. The number of hydrogen-bond acceptors (Lipinski definition) is 3. The number of rotatable bonds is 1. The zero-order valence-electron chi connectivity index (χ0n) is 7.06. The molecule has 0 spiro atoms. The van der Waals surface area contributed by atoms with Crippen molar-refractivity contribution in [3.8, 4) is 0 Å². The average Bonchev–Trinajstić information content (AvgIpc) is 2.47. The third kappa shape index (κ3) is 1.23. The summed E-state index contributed by atoms with van der Waals surface area (Å²) in [6.45, 7) is 1.89. The lowest BCUT2D eigenvalue weighted by atomic mass is 10.4. The van der Waals surface area contributed by atoms with E-state index in [1.165, 1.54) is 6.08 Å². The van der Waals surface area contributed by atoms with Gasteiger partial charge in [-0.3, -0.25) is 0 Å². The first kappa shape index (κ1) is 7.71. The Balaban J connectivity index is 2.81. The van der Waals surface area contributed by atoms with Crippen LogP contribution in [-0.4, -0.2) is 15.5 Å². The molecule has 0 amide bonds. The van der Waals surface area contributed by atoms with Crippen molar-refractivity contribution in [2.45, 2.75) is 6.92 Å². The molecule has 0 unspecified atom stereocenters. The third-order valence-corrected chi connectivity index (χ3v) is 1.75. The predicted octanol–water partition coefficient (Wildman–Crippen LogP) is 1.61. The second-order valence-electron chi connectivity index (χ2n) is 2.71. The molecule has 0 N–H and O–H groups in total. The molecule has 0 saturated heterocycles. The highest BCUT2D eigenvalue weighted by atomic mass is 16.1. The Morgan fingerprint density at radius 1 is 1.62 bits per heavy atom. The van der Waals surface area contributed by atoms with E-state index in [0.717, 1.165) is 5.69 Å². The van der Waals surface area contributed by atoms with Crippen LogP contribution in [0, 0.1) is 6.92 Å². The van der Waals surface area contributed by atoms with Crippen LogP contribution in [0.2, 0.25) is 0 Å².